The maximum absolute atomic E-state index is 13.8. The van der Waals surface area contributed by atoms with Gasteiger partial charge < -0.3 is 38.7 Å². The van der Waals surface area contributed by atoms with Crippen molar-refractivity contribution in [3.63, 3.8) is 0 Å². The summed E-state index contributed by atoms with van der Waals surface area (Å²) in [6, 6.07) is 17.0. The van der Waals surface area contributed by atoms with Gasteiger partial charge in [0.15, 0.2) is 11.5 Å². The van der Waals surface area contributed by atoms with Crippen molar-refractivity contribution in [1.29, 1.82) is 0 Å². The van der Waals surface area contributed by atoms with Gasteiger partial charge in [0, 0.05) is 11.1 Å². The fourth-order valence-electron chi connectivity index (χ4n) is 5.50. The summed E-state index contributed by atoms with van der Waals surface area (Å²) in [7, 11) is 2.17. The number of ether oxygens (including phenoxy) is 2. The Morgan fingerprint density at radius 2 is 0.920 bits per heavy atom. The fraction of sp³-hybridized carbons (Fsp3) is 0.167. The van der Waals surface area contributed by atoms with E-state index in [-0.39, 0.29) is 34.2 Å². The number of carboxylic acids is 2. The van der Waals surface area contributed by atoms with Crippen LogP contribution in [0.15, 0.2) is 104 Å². The summed E-state index contributed by atoms with van der Waals surface area (Å²) in [5, 5.41) is 40.9. The average Bonchev–Trinajstić information content (AvgIpc) is 3.81. The van der Waals surface area contributed by atoms with Crippen LogP contribution in [0.3, 0.4) is 0 Å². The predicted molar refractivity (Wildman–Crippen MR) is 170 cm³/mol. The van der Waals surface area contributed by atoms with Gasteiger partial charge in [0.1, 0.15) is 23.0 Å². The average molecular weight is 685 g/mol. The van der Waals surface area contributed by atoms with Crippen LogP contribution in [-0.4, -0.2) is 70.1 Å². The molecule has 0 bridgehead atoms. The smallest absolute Gasteiger partial charge is 0.335 e. The number of carbonyl (C=O) groups is 6. The Hall–Kier alpha value is -6.70. The summed E-state index contributed by atoms with van der Waals surface area (Å²) in [4.78, 5) is 75.1. The van der Waals surface area contributed by atoms with Crippen LogP contribution in [0, 0.1) is 0 Å². The highest BCUT2D eigenvalue weighted by molar-refractivity contribution is 6.24. The molecule has 14 heteroatoms. The standard InChI is InChI=1S/C36H28O14/c1-47-27(37)15-21(25-13-11-23(49-25)17-3-7-19(8-4-17)35(43)44)29-31(39)33(41)30(34(42)32(29)40)22(16-28(38)48-2)26-14-12-24(50-26)18-5-9-20(10-6-18)36(45)46/h3-14,21-22,39,42H,15-16H2,1-2H3,(H,43,44)(H,45,46)/t21-,22-/m1/s1. The van der Waals surface area contributed by atoms with Crippen LogP contribution in [0.25, 0.3) is 22.6 Å². The van der Waals surface area contributed by atoms with Gasteiger partial charge >= 0.3 is 23.9 Å². The van der Waals surface area contributed by atoms with Gasteiger partial charge in [-0.2, -0.15) is 0 Å². The Kier molecular flexibility index (Phi) is 9.83. The molecule has 4 N–H and O–H groups in total. The minimum Gasteiger partial charge on any atom is -0.504 e. The van der Waals surface area contributed by atoms with Crippen LogP contribution >= 0.6 is 0 Å². The maximum atomic E-state index is 13.8. The number of carboxylic acid groups (broad SMARTS) is 2. The molecule has 1 aliphatic rings. The van der Waals surface area contributed by atoms with Gasteiger partial charge in [0.2, 0.25) is 11.6 Å². The number of benzene rings is 2. The first-order chi connectivity index (χ1) is 23.8. The number of aliphatic hydroxyl groups excluding tert-OH is 2. The van der Waals surface area contributed by atoms with E-state index in [2.05, 4.69) is 0 Å². The molecule has 0 saturated carbocycles. The number of methoxy groups -OCH3 is 2. The third-order valence-electron chi connectivity index (χ3n) is 8.10. The minimum atomic E-state index is -1.43. The summed E-state index contributed by atoms with van der Waals surface area (Å²) < 4.78 is 21.3. The van der Waals surface area contributed by atoms with Gasteiger partial charge in [-0.1, -0.05) is 24.3 Å². The third kappa shape index (κ3) is 6.80. The first-order valence-electron chi connectivity index (χ1n) is 14.8. The largest absolute Gasteiger partial charge is 0.504 e. The lowest BCUT2D eigenvalue weighted by molar-refractivity contribution is -0.142. The molecule has 1 aliphatic carbocycles. The summed E-state index contributed by atoms with van der Waals surface area (Å²) in [5.74, 6) is -11.3. The normalized spacial score (nSPS) is 14.4. The Labute approximate surface area is 282 Å². The molecule has 0 spiro atoms. The van der Waals surface area contributed by atoms with E-state index in [1.165, 1.54) is 72.8 Å². The number of aliphatic hydroxyl groups is 2. The monoisotopic (exact) mass is 684 g/mol. The molecule has 0 fully saturated rings. The second-order valence-corrected chi connectivity index (χ2v) is 11.0. The van der Waals surface area contributed by atoms with E-state index in [9.17, 15) is 49.2 Å². The summed E-state index contributed by atoms with van der Waals surface area (Å²) in [6.45, 7) is 0. The van der Waals surface area contributed by atoms with Crippen molar-refractivity contribution in [1.82, 2.24) is 0 Å². The number of allylic oxidation sites excluding steroid dienone is 2. The Balaban J connectivity index is 1.54. The number of rotatable bonds is 12. The van der Waals surface area contributed by atoms with Crippen LogP contribution in [0.1, 0.15) is 56.9 Å². The lowest BCUT2D eigenvalue weighted by atomic mass is 9.78. The van der Waals surface area contributed by atoms with Crippen molar-refractivity contribution in [2.45, 2.75) is 24.7 Å². The van der Waals surface area contributed by atoms with E-state index in [1.54, 1.807) is 0 Å². The highest BCUT2D eigenvalue weighted by atomic mass is 16.5. The number of esters is 2. The topological polar surface area (TPSA) is 228 Å². The van der Waals surface area contributed by atoms with Gasteiger partial charge in [-0.15, -0.1) is 0 Å². The number of Topliss-reactive ketones (excluding diaryl/α,β-unsaturated/α-hetero) is 2. The molecular formula is C36H28O14. The summed E-state index contributed by atoms with van der Waals surface area (Å²) >= 11 is 0. The molecule has 0 saturated heterocycles. The van der Waals surface area contributed by atoms with Crippen LogP contribution in [0.5, 0.6) is 0 Å². The molecular weight excluding hydrogens is 656 g/mol. The van der Waals surface area contributed by atoms with Gasteiger partial charge in [-0.25, -0.2) is 9.59 Å². The maximum Gasteiger partial charge on any atom is 0.335 e. The lowest BCUT2D eigenvalue weighted by Gasteiger charge is -2.25. The zero-order chi connectivity index (χ0) is 36.3. The van der Waals surface area contributed by atoms with Crippen molar-refractivity contribution in [3.8, 4) is 22.6 Å². The molecule has 14 nitrogen and oxygen atoms in total. The Morgan fingerprint density at radius 3 is 1.22 bits per heavy atom. The molecule has 2 aromatic heterocycles. The molecule has 2 atom stereocenters. The van der Waals surface area contributed by atoms with Crippen molar-refractivity contribution >= 4 is 35.4 Å². The zero-order valence-corrected chi connectivity index (χ0v) is 26.4. The van der Waals surface area contributed by atoms with Crippen molar-refractivity contribution in [3.05, 3.63) is 118 Å². The van der Waals surface area contributed by atoms with Crippen LogP contribution < -0.4 is 0 Å². The fourth-order valence-corrected chi connectivity index (χ4v) is 5.50. The number of aromatic carboxylic acids is 2. The molecule has 5 rings (SSSR count). The number of carbonyl (C=O) groups excluding carboxylic acids is 4. The Morgan fingerprint density at radius 1 is 0.580 bits per heavy atom. The van der Waals surface area contributed by atoms with Crippen molar-refractivity contribution < 1.29 is 67.5 Å². The molecule has 50 heavy (non-hydrogen) atoms. The molecule has 256 valence electrons. The van der Waals surface area contributed by atoms with Gasteiger partial charge in [-0.05, 0) is 48.5 Å². The molecule has 0 amide bonds. The zero-order valence-electron chi connectivity index (χ0n) is 26.4. The molecule has 2 heterocycles. The number of furan rings is 2. The highest BCUT2D eigenvalue weighted by Crippen LogP contribution is 2.43. The molecule has 0 radical (unpaired) electrons. The van der Waals surface area contributed by atoms with Crippen molar-refractivity contribution in [2.75, 3.05) is 14.2 Å². The second-order valence-electron chi connectivity index (χ2n) is 11.0. The van der Waals surface area contributed by atoms with E-state index in [4.69, 9.17) is 18.3 Å². The highest BCUT2D eigenvalue weighted by Gasteiger charge is 2.44. The van der Waals surface area contributed by atoms with Crippen LogP contribution in [0.4, 0.5) is 0 Å². The number of hydrogen-bond donors (Lipinski definition) is 4. The summed E-state index contributed by atoms with van der Waals surface area (Å²) in [5.41, 5.74) is -0.413. The first kappa shape index (κ1) is 34.6. The second kappa shape index (κ2) is 14.2. The third-order valence-corrected chi connectivity index (χ3v) is 8.10. The van der Waals surface area contributed by atoms with E-state index in [0.717, 1.165) is 14.2 Å². The van der Waals surface area contributed by atoms with Crippen LogP contribution in [0.2, 0.25) is 0 Å². The van der Waals surface area contributed by atoms with Gasteiger partial charge in [-0.3, -0.25) is 19.2 Å². The van der Waals surface area contributed by atoms with Crippen molar-refractivity contribution in [2.24, 2.45) is 0 Å². The van der Waals surface area contributed by atoms with E-state index >= 15 is 0 Å². The van der Waals surface area contributed by atoms with Gasteiger partial charge in [0.05, 0.1) is 61.2 Å². The number of ketones is 2. The number of hydrogen-bond acceptors (Lipinski definition) is 12. The molecule has 0 aliphatic heterocycles. The van der Waals surface area contributed by atoms with E-state index in [0.29, 0.717) is 11.1 Å². The lowest BCUT2D eigenvalue weighted by Crippen LogP contribution is -2.31. The summed E-state index contributed by atoms with van der Waals surface area (Å²) in [6.07, 6.45) is -1.20. The van der Waals surface area contributed by atoms with Gasteiger partial charge in [0.25, 0.3) is 0 Å². The molecule has 4 aromatic rings. The van der Waals surface area contributed by atoms with Crippen LogP contribution in [-0.2, 0) is 28.7 Å². The Bertz CT molecular complexity index is 1920. The molecule has 2 aromatic carbocycles. The molecule has 0 unspecified atom stereocenters. The first-order valence-corrected chi connectivity index (χ1v) is 14.8. The minimum absolute atomic E-state index is 0.0224. The quantitative estimate of drug-likeness (QED) is 0.109. The van der Waals surface area contributed by atoms with E-state index < -0.39 is 82.8 Å². The SMILES string of the molecule is COC(=O)C[C@@H](C1=C(O)C(=O)C([C@H](CC(=O)OC)c2ccc(-c3ccc(C(=O)O)cc3)o2)=C(O)C1=O)c1ccc(-c2ccc(C(=O)O)cc2)o1. The van der Waals surface area contributed by atoms with E-state index in [1.807, 2.05) is 0 Å². The predicted octanol–water partition coefficient (Wildman–Crippen LogP) is 5.37.